The number of nitrogens with zero attached hydrogens (tertiary/aromatic N) is 5. The van der Waals surface area contributed by atoms with Gasteiger partial charge in [-0.25, -0.2) is 18.3 Å². The Morgan fingerprint density at radius 1 is 1.24 bits per heavy atom. The van der Waals surface area contributed by atoms with E-state index in [2.05, 4.69) is 27.8 Å². The molecule has 0 spiro atoms. The third-order valence-electron chi connectivity index (χ3n) is 7.67. The number of halogens is 2. The first kappa shape index (κ1) is 25.3. The summed E-state index contributed by atoms with van der Waals surface area (Å²) in [5.41, 5.74) is 2.35. The zero-order chi connectivity index (χ0) is 26.2. The Morgan fingerprint density at radius 2 is 2.03 bits per heavy atom. The highest BCUT2D eigenvalue weighted by atomic mass is 19.3. The van der Waals surface area contributed by atoms with E-state index in [1.165, 1.54) is 0 Å². The lowest BCUT2D eigenvalue weighted by molar-refractivity contribution is -0.136. The lowest BCUT2D eigenvalue weighted by Gasteiger charge is -2.32. The van der Waals surface area contributed by atoms with Gasteiger partial charge in [-0.15, -0.1) is 0 Å². The van der Waals surface area contributed by atoms with Crippen molar-refractivity contribution >= 4 is 17.5 Å². The van der Waals surface area contributed by atoms with Crippen LogP contribution in [0.15, 0.2) is 30.6 Å². The summed E-state index contributed by atoms with van der Waals surface area (Å²) in [5, 5.41) is 14.3. The standard InChI is InChI=1S/C26H33F2N7O2/c1-3-34-21(10-11-30-34)25(37)32-23(17-6-4-16(2)5-7-17)20-14-35-22(31-20)9-8-19(33-35)12-18-13-26(27,28)15-29-24(18)36/h8-11,14,16-18,23H,3-7,12-13,15H2,1-2H3,(H,29,36)(H,32,37)/t16-,17-,18?,23-/m0/s1. The fraction of sp³-hybridized carbons (Fsp3) is 0.577. The molecule has 0 aromatic carbocycles. The molecule has 11 heteroatoms. The van der Waals surface area contributed by atoms with Gasteiger partial charge in [0.1, 0.15) is 5.69 Å². The van der Waals surface area contributed by atoms with Crippen LogP contribution in [0, 0.1) is 17.8 Å². The molecule has 198 valence electrons. The molecule has 2 aliphatic rings. The molecule has 4 heterocycles. The number of hydrogen-bond donors (Lipinski definition) is 2. The fourth-order valence-corrected chi connectivity index (χ4v) is 5.55. The number of carbonyl (C=O) groups is 2. The Morgan fingerprint density at radius 3 is 2.78 bits per heavy atom. The van der Waals surface area contributed by atoms with E-state index in [1.54, 1.807) is 39.8 Å². The second-order valence-corrected chi connectivity index (χ2v) is 10.5. The minimum absolute atomic E-state index is 0.118. The van der Waals surface area contributed by atoms with Gasteiger partial charge in [0.2, 0.25) is 5.91 Å². The van der Waals surface area contributed by atoms with E-state index in [9.17, 15) is 18.4 Å². The first-order valence-electron chi connectivity index (χ1n) is 13.1. The highest BCUT2D eigenvalue weighted by molar-refractivity contribution is 5.92. The molecule has 1 unspecified atom stereocenters. The largest absolute Gasteiger partial charge is 0.350 e. The molecule has 2 amide bonds. The summed E-state index contributed by atoms with van der Waals surface area (Å²) < 4.78 is 31.0. The Bertz CT molecular complexity index is 1280. The highest BCUT2D eigenvalue weighted by Crippen LogP contribution is 2.37. The van der Waals surface area contributed by atoms with Gasteiger partial charge in [0, 0.05) is 31.5 Å². The molecule has 3 aromatic rings. The van der Waals surface area contributed by atoms with Crippen LogP contribution in [0.3, 0.4) is 0 Å². The van der Waals surface area contributed by atoms with Crippen LogP contribution in [-0.2, 0) is 17.8 Å². The third kappa shape index (κ3) is 5.50. The van der Waals surface area contributed by atoms with Gasteiger partial charge in [-0.1, -0.05) is 19.8 Å². The van der Waals surface area contributed by atoms with E-state index in [-0.39, 0.29) is 30.2 Å². The summed E-state index contributed by atoms with van der Waals surface area (Å²) >= 11 is 0. The monoisotopic (exact) mass is 513 g/mol. The topological polar surface area (TPSA) is 106 Å². The fourth-order valence-electron chi connectivity index (χ4n) is 5.55. The van der Waals surface area contributed by atoms with Crippen LogP contribution in [0.25, 0.3) is 5.65 Å². The second kappa shape index (κ2) is 10.2. The van der Waals surface area contributed by atoms with E-state index in [4.69, 9.17) is 4.98 Å². The first-order valence-corrected chi connectivity index (χ1v) is 13.1. The molecule has 2 N–H and O–H groups in total. The van der Waals surface area contributed by atoms with Crippen LogP contribution in [0.2, 0.25) is 0 Å². The molecule has 9 nitrogen and oxygen atoms in total. The van der Waals surface area contributed by atoms with Crippen molar-refractivity contribution in [1.29, 1.82) is 0 Å². The number of aromatic nitrogens is 5. The van der Waals surface area contributed by atoms with E-state index >= 15 is 0 Å². The van der Waals surface area contributed by atoms with Crippen LogP contribution >= 0.6 is 0 Å². The predicted octanol–water partition coefficient (Wildman–Crippen LogP) is 3.56. The van der Waals surface area contributed by atoms with Crippen LogP contribution in [-0.4, -0.2) is 48.7 Å². The summed E-state index contributed by atoms with van der Waals surface area (Å²) in [6.45, 7) is 4.16. The van der Waals surface area contributed by atoms with E-state index < -0.39 is 24.8 Å². The molecule has 0 radical (unpaired) electrons. The third-order valence-corrected chi connectivity index (χ3v) is 7.67. The van der Waals surface area contributed by atoms with E-state index in [0.717, 1.165) is 25.7 Å². The van der Waals surface area contributed by atoms with Crippen molar-refractivity contribution in [3.05, 3.63) is 47.7 Å². The first-order chi connectivity index (χ1) is 17.7. The average Bonchev–Trinajstić information content (AvgIpc) is 3.52. The van der Waals surface area contributed by atoms with Crippen LogP contribution in [0.1, 0.15) is 73.9 Å². The van der Waals surface area contributed by atoms with Gasteiger partial charge >= 0.3 is 0 Å². The number of hydrogen-bond acceptors (Lipinski definition) is 5. The number of alkyl halides is 2. The van der Waals surface area contributed by atoms with Crippen LogP contribution in [0.4, 0.5) is 8.78 Å². The summed E-state index contributed by atoms with van der Waals surface area (Å²) in [5.74, 6) is -3.44. The number of aryl methyl sites for hydroxylation is 1. The van der Waals surface area contributed by atoms with Crippen molar-refractivity contribution in [3.63, 3.8) is 0 Å². The van der Waals surface area contributed by atoms with Crippen molar-refractivity contribution in [2.75, 3.05) is 6.54 Å². The number of imidazole rings is 1. The molecule has 1 aliphatic carbocycles. The molecule has 1 saturated carbocycles. The molecule has 2 atom stereocenters. The number of rotatable bonds is 7. The molecule has 37 heavy (non-hydrogen) atoms. The number of nitrogens with one attached hydrogen (secondary N) is 2. The van der Waals surface area contributed by atoms with Crippen molar-refractivity contribution in [1.82, 2.24) is 35.0 Å². The van der Waals surface area contributed by atoms with Crippen molar-refractivity contribution < 1.29 is 18.4 Å². The lowest BCUT2D eigenvalue weighted by Crippen LogP contribution is -2.48. The molecular weight excluding hydrogens is 480 g/mol. The van der Waals surface area contributed by atoms with Crippen molar-refractivity contribution in [2.45, 2.75) is 70.9 Å². The summed E-state index contributed by atoms with van der Waals surface area (Å²) in [6.07, 6.45) is 7.20. The lowest BCUT2D eigenvalue weighted by atomic mass is 9.78. The second-order valence-electron chi connectivity index (χ2n) is 10.5. The molecule has 1 aliphatic heterocycles. The normalized spacial score (nSPS) is 24.5. The quantitative estimate of drug-likeness (QED) is 0.503. The van der Waals surface area contributed by atoms with Gasteiger partial charge < -0.3 is 10.6 Å². The van der Waals surface area contributed by atoms with Gasteiger partial charge in [-0.2, -0.15) is 10.2 Å². The van der Waals surface area contributed by atoms with Crippen molar-refractivity contribution in [3.8, 4) is 0 Å². The number of piperidine rings is 1. The maximum atomic E-state index is 13.8. The molecule has 3 aromatic heterocycles. The zero-order valence-corrected chi connectivity index (χ0v) is 21.2. The zero-order valence-electron chi connectivity index (χ0n) is 21.2. The van der Waals surface area contributed by atoms with Gasteiger partial charge in [0.05, 0.1) is 30.2 Å². The summed E-state index contributed by atoms with van der Waals surface area (Å²) in [6, 6.07) is 4.91. The molecular formula is C26H33F2N7O2. The van der Waals surface area contributed by atoms with Crippen LogP contribution < -0.4 is 10.6 Å². The Kier molecular flexibility index (Phi) is 6.96. The predicted molar refractivity (Wildman–Crippen MR) is 132 cm³/mol. The minimum Gasteiger partial charge on any atom is -0.350 e. The van der Waals surface area contributed by atoms with E-state index in [1.807, 2.05) is 6.92 Å². The Labute approximate surface area is 214 Å². The smallest absolute Gasteiger partial charge is 0.270 e. The number of carbonyl (C=O) groups excluding carboxylic acids is 2. The van der Waals surface area contributed by atoms with Gasteiger partial charge in [-0.05, 0) is 49.8 Å². The molecule has 0 bridgehead atoms. The minimum atomic E-state index is -2.92. The average molecular weight is 514 g/mol. The van der Waals surface area contributed by atoms with Gasteiger partial charge in [0.25, 0.3) is 11.8 Å². The van der Waals surface area contributed by atoms with Crippen LogP contribution in [0.5, 0.6) is 0 Å². The van der Waals surface area contributed by atoms with Gasteiger partial charge in [0.15, 0.2) is 5.65 Å². The van der Waals surface area contributed by atoms with Gasteiger partial charge in [-0.3, -0.25) is 14.3 Å². The summed E-state index contributed by atoms with van der Waals surface area (Å²) in [4.78, 5) is 30.2. The molecule has 5 rings (SSSR count). The molecule has 1 saturated heterocycles. The number of amides is 2. The highest BCUT2D eigenvalue weighted by Gasteiger charge is 2.41. The maximum absolute atomic E-state index is 13.8. The van der Waals surface area contributed by atoms with Crippen molar-refractivity contribution in [2.24, 2.45) is 17.8 Å². The SMILES string of the molecule is CCn1nccc1C(=O)N[C@H](c1cn2nc(CC3CC(F)(F)CNC3=O)ccc2n1)[C@H]1CC[C@H](C)CC1. The Balaban J connectivity index is 1.40. The molecule has 2 fully saturated rings. The number of fused-ring (bicyclic) bond motifs is 1. The van der Waals surface area contributed by atoms with E-state index in [0.29, 0.717) is 35.2 Å². The maximum Gasteiger partial charge on any atom is 0.270 e. The summed E-state index contributed by atoms with van der Waals surface area (Å²) in [7, 11) is 0. The Hall–Kier alpha value is -3.37.